The molecule has 0 saturated carbocycles. The quantitative estimate of drug-likeness (QED) is 0.808. The standard InChI is InChI=1S/C17H23N5/c1-17(2,3)22-15(11-18-4)19-16(20-22)13-7-6-8-14-12(13)9-10-21(14)5/h6-10,18H,11H2,1-5H3. The van der Waals surface area contributed by atoms with Gasteiger partial charge in [-0.3, -0.25) is 0 Å². The number of nitrogens with zero attached hydrogens (tertiary/aromatic N) is 4. The van der Waals surface area contributed by atoms with Gasteiger partial charge in [-0.2, -0.15) is 5.10 Å². The molecular weight excluding hydrogens is 274 g/mol. The number of fused-ring (bicyclic) bond motifs is 1. The van der Waals surface area contributed by atoms with E-state index in [1.54, 1.807) is 0 Å². The maximum Gasteiger partial charge on any atom is 0.182 e. The van der Waals surface area contributed by atoms with Crippen LogP contribution in [0.1, 0.15) is 26.6 Å². The fraction of sp³-hybridized carbons (Fsp3) is 0.412. The molecule has 5 heteroatoms. The lowest BCUT2D eigenvalue weighted by Crippen LogP contribution is -2.27. The van der Waals surface area contributed by atoms with Gasteiger partial charge in [-0.25, -0.2) is 9.67 Å². The first-order valence-electron chi connectivity index (χ1n) is 7.57. The third-order valence-electron chi connectivity index (χ3n) is 3.81. The molecule has 0 saturated heterocycles. The third kappa shape index (κ3) is 2.41. The molecule has 0 fully saturated rings. The van der Waals surface area contributed by atoms with Crippen molar-refractivity contribution in [2.75, 3.05) is 7.05 Å². The van der Waals surface area contributed by atoms with E-state index in [9.17, 15) is 0 Å². The number of benzene rings is 1. The van der Waals surface area contributed by atoms with Crippen molar-refractivity contribution in [3.05, 3.63) is 36.3 Å². The highest BCUT2D eigenvalue weighted by atomic mass is 15.4. The van der Waals surface area contributed by atoms with Crippen LogP contribution in [-0.2, 0) is 19.1 Å². The van der Waals surface area contributed by atoms with Crippen LogP contribution < -0.4 is 5.32 Å². The van der Waals surface area contributed by atoms with E-state index in [2.05, 4.69) is 68.2 Å². The zero-order valence-corrected chi connectivity index (χ0v) is 13.9. The Labute approximate surface area is 131 Å². The predicted octanol–water partition coefficient (Wildman–Crippen LogP) is 2.91. The predicted molar refractivity (Wildman–Crippen MR) is 89.7 cm³/mol. The molecule has 0 bridgehead atoms. The van der Waals surface area contributed by atoms with Crippen LogP contribution in [0.25, 0.3) is 22.3 Å². The maximum absolute atomic E-state index is 4.79. The summed E-state index contributed by atoms with van der Waals surface area (Å²) in [6.45, 7) is 7.14. The minimum Gasteiger partial charge on any atom is -0.351 e. The Morgan fingerprint density at radius 3 is 2.64 bits per heavy atom. The zero-order valence-electron chi connectivity index (χ0n) is 13.9. The SMILES string of the molecule is CNCc1nc(-c2cccc3c2ccn3C)nn1C(C)(C)C. The van der Waals surface area contributed by atoms with E-state index in [0.717, 1.165) is 17.2 Å². The Balaban J connectivity index is 2.19. The van der Waals surface area contributed by atoms with E-state index in [-0.39, 0.29) is 5.54 Å². The van der Waals surface area contributed by atoms with Crippen molar-refractivity contribution < 1.29 is 0 Å². The molecule has 0 amide bonds. The lowest BCUT2D eigenvalue weighted by molar-refractivity contribution is 0.339. The molecule has 0 radical (unpaired) electrons. The summed E-state index contributed by atoms with van der Waals surface area (Å²) in [4.78, 5) is 4.78. The van der Waals surface area contributed by atoms with Gasteiger partial charge < -0.3 is 9.88 Å². The second kappa shape index (κ2) is 5.25. The normalized spacial score (nSPS) is 12.2. The molecule has 116 valence electrons. The highest BCUT2D eigenvalue weighted by Crippen LogP contribution is 2.28. The number of aromatic nitrogens is 4. The molecule has 2 heterocycles. The molecule has 1 N–H and O–H groups in total. The summed E-state index contributed by atoms with van der Waals surface area (Å²) in [5.74, 6) is 1.75. The zero-order chi connectivity index (χ0) is 15.9. The van der Waals surface area contributed by atoms with Gasteiger partial charge in [0.25, 0.3) is 0 Å². The fourth-order valence-corrected chi connectivity index (χ4v) is 2.77. The lowest BCUT2D eigenvalue weighted by atomic mass is 10.1. The molecule has 2 aromatic heterocycles. The van der Waals surface area contributed by atoms with Crippen molar-refractivity contribution >= 4 is 10.9 Å². The van der Waals surface area contributed by atoms with Gasteiger partial charge in [0.2, 0.25) is 0 Å². The highest BCUT2D eigenvalue weighted by Gasteiger charge is 2.22. The van der Waals surface area contributed by atoms with E-state index in [0.29, 0.717) is 6.54 Å². The molecule has 0 aliphatic rings. The second-order valence-corrected chi connectivity index (χ2v) is 6.63. The van der Waals surface area contributed by atoms with Crippen molar-refractivity contribution in [3.63, 3.8) is 0 Å². The van der Waals surface area contributed by atoms with Crippen LogP contribution in [-0.4, -0.2) is 26.4 Å². The summed E-state index contributed by atoms with van der Waals surface area (Å²) in [5, 5.41) is 9.15. The van der Waals surface area contributed by atoms with Crippen LogP contribution >= 0.6 is 0 Å². The molecule has 1 aromatic carbocycles. The molecule has 0 spiro atoms. The first-order valence-corrected chi connectivity index (χ1v) is 7.57. The van der Waals surface area contributed by atoms with Crippen molar-refractivity contribution in [1.29, 1.82) is 0 Å². The summed E-state index contributed by atoms with van der Waals surface area (Å²) in [6.07, 6.45) is 2.07. The first-order chi connectivity index (χ1) is 10.4. The summed E-state index contributed by atoms with van der Waals surface area (Å²) in [7, 11) is 3.99. The number of aryl methyl sites for hydroxylation is 1. The largest absolute Gasteiger partial charge is 0.351 e. The highest BCUT2D eigenvalue weighted by molar-refractivity contribution is 5.93. The Bertz CT molecular complexity index is 804. The molecule has 0 aliphatic carbocycles. The van der Waals surface area contributed by atoms with E-state index in [4.69, 9.17) is 10.1 Å². The molecule has 0 atom stereocenters. The van der Waals surface area contributed by atoms with Gasteiger partial charge in [-0.15, -0.1) is 0 Å². The minimum atomic E-state index is -0.0952. The number of nitrogens with one attached hydrogen (secondary N) is 1. The van der Waals surface area contributed by atoms with E-state index in [1.165, 1.54) is 10.9 Å². The average Bonchev–Trinajstić information content (AvgIpc) is 3.03. The maximum atomic E-state index is 4.79. The molecule has 3 rings (SSSR count). The van der Waals surface area contributed by atoms with Gasteiger partial charge in [0.1, 0.15) is 5.82 Å². The smallest absolute Gasteiger partial charge is 0.182 e. The molecule has 0 aliphatic heterocycles. The monoisotopic (exact) mass is 297 g/mol. The Morgan fingerprint density at radius 1 is 1.18 bits per heavy atom. The van der Waals surface area contributed by atoms with Crippen molar-refractivity contribution in [1.82, 2.24) is 24.6 Å². The molecule has 3 aromatic rings. The first kappa shape index (κ1) is 14.8. The van der Waals surface area contributed by atoms with E-state index < -0.39 is 0 Å². The van der Waals surface area contributed by atoms with Gasteiger partial charge >= 0.3 is 0 Å². The van der Waals surface area contributed by atoms with Gasteiger partial charge in [-0.05, 0) is 40.0 Å². The third-order valence-corrected chi connectivity index (χ3v) is 3.81. The summed E-state index contributed by atoms with van der Waals surface area (Å²) in [5.41, 5.74) is 2.18. The van der Waals surface area contributed by atoms with Crippen molar-refractivity contribution in [2.45, 2.75) is 32.9 Å². The molecule has 0 unspecified atom stereocenters. The number of rotatable bonds is 3. The van der Waals surface area contributed by atoms with Crippen molar-refractivity contribution in [3.8, 4) is 11.4 Å². The van der Waals surface area contributed by atoms with Crippen LogP contribution in [0.15, 0.2) is 30.5 Å². The Kier molecular flexibility index (Phi) is 3.53. The van der Waals surface area contributed by atoms with Gasteiger partial charge in [0, 0.05) is 29.7 Å². The summed E-state index contributed by atoms with van der Waals surface area (Å²) in [6, 6.07) is 8.40. The van der Waals surface area contributed by atoms with E-state index >= 15 is 0 Å². The van der Waals surface area contributed by atoms with Crippen LogP contribution in [0.3, 0.4) is 0 Å². The minimum absolute atomic E-state index is 0.0952. The second-order valence-electron chi connectivity index (χ2n) is 6.63. The van der Waals surface area contributed by atoms with Gasteiger partial charge in [0.15, 0.2) is 5.82 Å². The lowest BCUT2D eigenvalue weighted by Gasteiger charge is -2.21. The van der Waals surface area contributed by atoms with Crippen LogP contribution in [0, 0.1) is 0 Å². The topological polar surface area (TPSA) is 47.7 Å². The average molecular weight is 297 g/mol. The summed E-state index contributed by atoms with van der Waals surface area (Å²) < 4.78 is 4.13. The Hall–Kier alpha value is -2.14. The molecule has 5 nitrogen and oxygen atoms in total. The summed E-state index contributed by atoms with van der Waals surface area (Å²) >= 11 is 0. The van der Waals surface area contributed by atoms with Gasteiger partial charge in [0.05, 0.1) is 12.1 Å². The van der Waals surface area contributed by atoms with Gasteiger partial charge in [-0.1, -0.05) is 12.1 Å². The molecule has 22 heavy (non-hydrogen) atoms. The molecular formula is C17H23N5. The number of hydrogen-bond donors (Lipinski definition) is 1. The number of hydrogen-bond acceptors (Lipinski definition) is 3. The van der Waals surface area contributed by atoms with E-state index in [1.807, 2.05) is 11.7 Å². The van der Waals surface area contributed by atoms with Crippen LogP contribution in [0.5, 0.6) is 0 Å². The van der Waals surface area contributed by atoms with Crippen LogP contribution in [0.4, 0.5) is 0 Å². The Morgan fingerprint density at radius 2 is 1.95 bits per heavy atom. The van der Waals surface area contributed by atoms with Crippen LogP contribution in [0.2, 0.25) is 0 Å². The fourth-order valence-electron chi connectivity index (χ4n) is 2.77. The van der Waals surface area contributed by atoms with Crippen molar-refractivity contribution in [2.24, 2.45) is 7.05 Å².